The first-order valence-electron chi connectivity index (χ1n) is 7.33. The van der Waals surface area contributed by atoms with E-state index in [0.29, 0.717) is 5.58 Å². The van der Waals surface area contributed by atoms with Crippen LogP contribution in [0.15, 0.2) is 39.5 Å². The zero-order valence-electron chi connectivity index (χ0n) is 11.7. The average Bonchev–Trinajstić information content (AvgIpc) is 2.74. The van der Waals surface area contributed by atoms with Crippen molar-refractivity contribution in [1.29, 1.82) is 0 Å². The van der Waals surface area contributed by atoms with Crippen LogP contribution in [0.25, 0.3) is 11.0 Å². The Morgan fingerprint density at radius 1 is 1.00 bits per heavy atom. The third kappa shape index (κ3) is 3.95. The van der Waals surface area contributed by atoms with E-state index in [1.807, 2.05) is 18.2 Å². The molecule has 1 aromatic carbocycles. The number of unbranched alkanes of at least 4 members (excludes halogenated alkanes) is 5. The van der Waals surface area contributed by atoms with Crippen molar-refractivity contribution in [2.75, 3.05) is 0 Å². The van der Waals surface area contributed by atoms with Crippen LogP contribution in [0.3, 0.4) is 0 Å². The minimum absolute atomic E-state index is 0.0332. The molecule has 2 nitrogen and oxygen atoms in total. The minimum atomic E-state index is -0.0332. The molecule has 2 heteroatoms. The highest BCUT2D eigenvalue weighted by Gasteiger charge is 2.05. The van der Waals surface area contributed by atoms with E-state index in [-0.39, 0.29) is 5.43 Å². The van der Waals surface area contributed by atoms with Gasteiger partial charge in [0.15, 0.2) is 5.58 Å². The quantitative estimate of drug-likeness (QED) is 0.674. The van der Waals surface area contributed by atoms with E-state index in [2.05, 4.69) is 6.92 Å². The van der Waals surface area contributed by atoms with Gasteiger partial charge in [0.25, 0.3) is 0 Å². The van der Waals surface area contributed by atoms with Crippen LogP contribution in [-0.4, -0.2) is 0 Å². The maximum absolute atomic E-state index is 11.7. The van der Waals surface area contributed by atoms with E-state index in [9.17, 15) is 4.79 Å². The SMILES string of the molecule is CCCCCCCCc1cc2ccccc(=O)c2o1. The summed E-state index contributed by atoms with van der Waals surface area (Å²) >= 11 is 0. The van der Waals surface area contributed by atoms with Gasteiger partial charge >= 0.3 is 0 Å². The number of aryl methyl sites for hydroxylation is 1. The number of hydrogen-bond acceptors (Lipinski definition) is 2. The molecule has 0 saturated carbocycles. The Labute approximate surface area is 114 Å². The second-order valence-corrected chi connectivity index (χ2v) is 5.10. The summed E-state index contributed by atoms with van der Waals surface area (Å²) < 4.78 is 5.67. The van der Waals surface area contributed by atoms with Crippen LogP contribution in [0, 0.1) is 0 Å². The summed E-state index contributed by atoms with van der Waals surface area (Å²) in [5.41, 5.74) is 0.458. The molecule has 0 fully saturated rings. The average molecular weight is 258 g/mol. The minimum Gasteiger partial charge on any atom is -0.457 e. The molecule has 102 valence electrons. The van der Waals surface area contributed by atoms with Crippen molar-refractivity contribution in [1.82, 2.24) is 0 Å². The molecule has 0 bridgehead atoms. The maximum atomic E-state index is 11.7. The molecule has 1 aromatic heterocycles. The summed E-state index contributed by atoms with van der Waals surface area (Å²) in [7, 11) is 0. The second kappa shape index (κ2) is 7.13. The Bertz CT molecular complexity index is 569. The number of rotatable bonds is 7. The first-order chi connectivity index (χ1) is 9.31. The summed E-state index contributed by atoms with van der Waals surface area (Å²) in [5.74, 6) is 0.939. The third-order valence-corrected chi connectivity index (χ3v) is 3.45. The summed E-state index contributed by atoms with van der Waals surface area (Å²) in [6, 6.07) is 9.13. The highest BCUT2D eigenvalue weighted by atomic mass is 16.3. The van der Waals surface area contributed by atoms with Gasteiger partial charge in [-0.3, -0.25) is 4.79 Å². The molecule has 0 aliphatic carbocycles. The smallest absolute Gasteiger partial charge is 0.221 e. The monoisotopic (exact) mass is 258 g/mol. The maximum Gasteiger partial charge on any atom is 0.221 e. The fraction of sp³-hybridized carbons (Fsp3) is 0.471. The lowest BCUT2D eigenvalue weighted by Gasteiger charge is -1.98. The molecule has 2 rings (SSSR count). The number of hydrogen-bond donors (Lipinski definition) is 0. The Kier molecular flexibility index (Phi) is 5.20. The van der Waals surface area contributed by atoms with Gasteiger partial charge in [0.1, 0.15) is 5.76 Å². The van der Waals surface area contributed by atoms with Gasteiger partial charge in [-0.25, -0.2) is 0 Å². The highest BCUT2D eigenvalue weighted by molar-refractivity contribution is 5.76. The predicted molar refractivity (Wildman–Crippen MR) is 79.6 cm³/mol. The van der Waals surface area contributed by atoms with E-state index in [0.717, 1.165) is 24.0 Å². The fourth-order valence-electron chi connectivity index (χ4n) is 2.36. The van der Waals surface area contributed by atoms with Crippen LogP contribution in [0.4, 0.5) is 0 Å². The van der Waals surface area contributed by atoms with Gasteiger partial charge < -0.3 is 4.42 Å². The molecule has 0 aliphatic heterocycles. The molecule has 0 aliphatic rings. The van der Waals surface area contributed by atoms with Crippen LogP contribution < -0.4 is 5.43 Å². The Morgan fingerprint density at radius 2 is 1.74 bits per heavy atom. The van der Waals surface area contributed by atoms with Gasteiger partial charge in [0, 0.05) is 11.8 Å². The molecule has 0 saturated heterocycles. The molecule has 1 heterocycles. The number of furan rings is 1. The molecule has 0 unspecified atom stereocenters. The lowest BCUT2D eigenvalue weighted by atomic mass is 10.1. The standard InChI is InChI=1S/C17H22O2/c1-2-3-4-5-6-7-11-15-13-14-10-8-9-12-16(18)17(14)19-15/h8-10,12-13H,2-7,11H2,1H3. The zero-order chi connectivity index (χ0) is 13.5. The Hall–Kier alpha value is -1.57. The molecule has 0 N–H and O–H groups in total. The van der Waals surface area contributed by atoms with E-state index < -0.39 is 0 Å². The van der Waals surface area contributed by atoms with Crippen molar-refractivity contribution >= 4 is 11.0 Å². The van der Waals surface area contributed by atoms with Gasteiger partial charge in [0.05, 0.1) is 0 Å². The normalized spacial score (nSPS) is 11.0. The summed E-state index contributed by atoms with van der Waals surface area (Å²) in [6.45, 7) is 2.23. The Balaban J connectivity index is 1.92. The topological polar surface area (TPSA) is 30.2 Å². The summed E-state index contributed by atoms with van der Waals surface area (Å²) in [6.07, 6.45) is 8.57. The van der Waals surface area contributed by atoms with Crippen molar-refractivity contribution in [3.63, 3.8) is 0 Å². The molecule has 0 atom stereocenters. The molecule has 2 aromatic rings. The van der Waals surface area contributed by atoms with Crippen molar-refractivity contribution in [3.05, 3.63) is 46.3 Å². The van der Waals surface area contributed by atoms with Crippen molar-refractivity contribution in [2.45, 2.75) is 51.9 Å². The number of fused-ring (bicyclic) bond motifs is 1. The molecular weight excluding hydrogens is 236 g/mol. The van der Waals surface area contributed by atoms with Gasteiger partial charge in [-0.15, -0.1) is 0 Å². The summed E-state index contributed by atoms with van der Waals surface area (Å²) in [5, 5.41) is 0.913. The molecular formula is C17H22O2. The van der Waals surface area contributed by atoms with Crippen LogP contribution in [0.5, 0.6) is 0 Å². The molecule has 0 radical (unpaired) electrons. The van der Waals surface area contributed by atoms with Crippen LogP contribution >= 0.6 is 0 Å². The highest BCUT2D eigenvalue weighted by Crippen LogP contribution is 2.17. The lowest BCUT2D eigenvalue weighted by Crippen LogP contribution is -1.91. The van der Waals surface area contributed by atoms with Crippen LogP contribution in [-0.2, 0) is 6.42 Å². The van der Waals surface area contributed by atoms with Crippen molar-refractivity contribution in [3.8, 4) is 0 Å². The molecule has 19 heavy (non-hydrogen) atoms. The van der Waals surface area contributed by atoms with Crippen LogP contribution in [0.1, 0.15) is 51.2 Å². The predicted octanol–water partition coefficient (Wildman–Crippen LogP) is 4.70. The third-order valence-electron chi connectivity index (χ3n) is 3.45. The zero-order valence-corrected chi connectivity index (χ0v) is 11.7. The first-order valence-corrected chi connectivity index (χ1v) is 7.33. The molecule has 0 spiro atoms. The van der Waals surface area contributed by atoms with E-state index in [1.165, 1.54) is 32.1 Å². The second-order valence-electron chi connectivity index (χ2n) is 5.10. The van der Waals surface area contributed by atoms with Crippen molar-refractivity contribution < 1.29 is 4.42 Å². The Morgan fingerprint density at radius 3 is 2.58 bits per heavy atom. The van der Waals surface area contributed by atoms with E-state index in [1.54, 1.807) is 12.1 Å². The van der Waals surface area contributed by atoms with E-state index >= 15 is 0 Å². The van der Waals surface area contributed by atoms with E-state index in [4.69, 9.17) is 4.42 Å². The fourth-order valence-corrected chi connectivity index (χ4v) is 2.36. The van der Waals surface area contributed by atoms with Gasteiger partial charge in [0.2, 0.25) is 5.43 Å². The van der Waals surface area contributed by atoms with Gasteiger partial charge in [-0.1, -0.05) is 57.2 Å². The van der Waals surface area contributed by atoms with Crippen LogP contribution in [0.2, 0.25) is 0 Å². The molecule has 0 amide bonds. The van der Waals surface area contributed by atoms with Gasteiger partial charge in [-0.05, 0) is 18.6 Å². The first kappa shape index (κ1) is 13.9. The van der Waals surface area contributed by atoms with Gasteiger partial charge in [-0.2, -0.15) is 0 Å². The summed E-state index contributed by atoms with van der Waals surface area (Å²) in [4.78, 5) is 11.7. The lowest BCUT2D eigenvalue weighted by molar-refractivity contribution is 0.520. The van der Waals surface area contributed by atoms with Crippen molar-refractivity contribution in [2.24, 2.45) is 0 Å². The largest absolute Gasteiger partial charge is 0.457 e.